The van der Waals surface area contributed by atoms with E-state index in [4.69, 9.17) is 4.74 Å². The predicted octanol–water partition coefficient (Wildman–Crippen LogP) is 2.98. The molecule has 1 heterocycles. The molecule has 0 amide bonds. The Bertz CT molecular complexity index is 329. The van der Waals surface area contributed by atoms with Gasteiger partial charge in [0.2, 0.25) is 0 Å². The van der Waals surface area contributed by atoms with Crippen molar-refractivity contribution in [3.05, 3.63) is 24.3 Å². The van der Waals surface area contributed by atoms with E-state index in [0.29, 0.717) is 0 Å². The monoisotopic (exact) mass is 248 g/mol. The number of rotatable bonds is 5. The van der Waals surface area contributed by atoms with Gasteiger partial charge in [-0.2, -0.15) is 0 Å². The van der Waals surface area contributed by atoms with Crippen LogP contribution < -0.4 is 10.1 Å². The Morgan fingerprint density at radius 1 is 1.06 bits per heavy atom. The molecule has 0 aliphatic carbocycles. The first-order valence-corrected chi connectivity index (χ1v) is 7.01. The first kappa shape index (κ1) is 13.2. The number of nitrogens with zero attached hydrogens (tertiary/aromatic N) is 1. The van der Waals surface area contributed by atoms with Crippen LogP contribution in [-0.2, 0) is 0 Å². The zero-order chi connectivity index (χ0) is 12.6. The summed E-state index contributed by atoms with van der Waals surface area (Å²) in [6, 6.07) is 8.13. The average Bonchev–Trinajstić information content (AvgIpc) is 2.68. The van der Waals surface area contributed by atoms with Crippen molar-refractivity contribution in [2.45, 2.75) is 25.7 Å². The van der Waals surface area contributed by atoms with E-state index in [1.807, 2.05) is 31.3 Å². The SMILES string of the molecule is CNc1ccc(OCCN2CCCCCC2)cc1. The van der Waals surface area contributed by atoms with Crippen LogP contribution in [0, 0.1) is 0 Å². The number of nitrogens with one attached hydrogen (secondary N) is 1. The van der Waals surface area contributed by atoms with Crippen molar-refractivity contribution in [2.24, 2.45) is 0 Å². The highest BCUT2D eigenvalue weighted by atomic mass is 16.5. The molecule has 0 unspecified atom stereocenters. The number of ether oxygens (including phenoxy) is 1. The molecule has 18 heavy (non-hydrogen) atoms. The van der Waals surface area contributed by atoms with E-state index in [1.165, 1.54) is 38.8 Å². The van der Waals surface area contributed by atoms with Gasteiger partial charge in [-0.1, -0.05) is 12.8 Å². The Labute approximate surface area is 110 Å². The number of hydrogen-bond donors (Lipinski definition) is 1. The van der Waals surface area contributed by atoms with Gasteiger partial charge < -0.3 is 10.1 Å². The summed E-state index contributed by atoms with van der Waals surface area (Å²) in [7, 11) is 1.93. The molecular weight excluding hydrogens is 224 g/mol. The van der Waals surface area contributed by atoms with Crippen molar-refractivity contribution in [3.63, 3.8) is 0 Å². The third-order valence-corrected chi connectivity index (χ3v) is 3.52. The van der Waals surface area contributed by atoms with Crippen molar-refractivity contribution >= 4 is 5.69 Å². The fourth-order valence-corrected chi connectivity index (χ4v) is 2.37. The largest absolute Gasteiger partial charge is 0.492 e. The Morgan fingerprint density at radius 2 is 1.72 bits per heavy atom. The lowest BCUT2D eigenvalue weighted by Gasteiger charge is -2.19. The topological polar surface area (TPSA) is 24.5 Å². The van der Waals surface area contributed by atoms with Gasteiger partial charge in [0.25, 0.3) is 0 Å². The molecule has 2 rings (SSSR count). The van der Waals surface area contributed by atoms with Crippen molar-refractivity contribution in [3.8, 4) is 5.75 Å². The van der Waals surface area contributed by atoms with E-state index < -0.39 is 0 Å². The van der Waals surface area contributed by atoms with Gasteiger partial charge in [-0.05, 0) is 50.2 Å². The summed E-state index contributed by atoms with van der Waals surface area (Å²) in [4.78, 5) is 2.52. The second kappa shape index (κ2) is 7.27. The van der Waals surface area contributed by atoms with E-state index in [2.05, 4.69) is 10.2 Å². The first-order valence-electron chi connectivity index (χ1n) is 7.01. The molecule has 1 aromatic rings. The van der Waals surface area contributed by atoms with Crippen LogP contribution in [-0.4, -0.2) is 38.2 Å². The maximum absolute atomic E-state index is 5.78. The molecule has 0 radical (unpaired) electrons. The van der Waals surface area contributed by atoms with Crippen molar-refractivity contribution in [1.29, 1.82) is 0 Å². The second-order valence-electron chi connectivity index (χ2n) is 4.88. The highest BCUT2D eigenvalue weighted by Gasteiger charge is 2.08. The molecule has 0 spiro atoms. The predicted molar refractivity (Wildman–Crippen MR) is 76.4 cm³/mol. The van der Waals surface area contributed by atoms with E-state index in [9.17, 15) is 0 Å². The van der Waals surface area contributed by atoms with Crippen LogP contribution in [0.15, 0.2) is 24.3 Å². The fraction of sp³-hybridized carbons (Fsp3) is 0.600. The fourth-order valence-electron chi connectivity index (χ4n) is 2.37. The van der Waals surface area contributed by atoms with Crippen LogP contribution >= 0.6 is 0 Å². The molecule has 0 aromatic heterocycles. The van der Waals surface area contributed by atoms with Gasteiger partial charge in [-0.15, -0.1) is 0 Å². The Balaban J connectivity index is 1.70. The minimum Gasteiger partial charge on any atom is -0.492 e. The third kappa shape index (κ3) is 4.22. The molecule has 0 bridgehead atoms. The molecule has 0 atom stereocenters. The Kier molecular flexibility index (Phi) is 5.34. The highest BCUT2D eigenvalue weighted by Crippen LogP contribution is 2.15. The molecule has 1 fully saturated rings. The van der Waals surface area contributed by atoms with Crippen LogP contribution in [0.25, 0.3) is 0 Å². The first-order chi connectivity index (χ1) is 8.88. The summed E-state index contributed by atoms with van der Waals surface area (Å²) in [5.74, 6) is 0.962. The number of anilines is 1. The lowest BCUT2D eigenvalue weighted by molar-refractivity contribution is 0.214. The summed E-state index contributed by atoms with van der Waals surface area (Å²) >= 11 is 0. The number of likely N-dealkylation sites (tertiary alicyclic amines) is 1. The minimum absolute atomic E-state index is 0.791. The maximum atomic E-state index is 5.78. The van der Waals surface area contributed by atoms with E-state index in [0.717, 1.165) is 24.6 Å². The summed E-state index contributed by atoms with van der Waals surface area (Å²) in [6.07, 6.45) is 5.47. The Morgan fingerprint density at radius 3 is 2.33 bits per heavy atom. The summed E-state index contributed by atoms with van der Waals surface area (Å²) in [5.41, 5.74) is 1.12. The van der Waals surface area contributed by atoms with Crippen molar-refractivity contribution in [2.75, 3.05) is 38.6 Å². The quantitative estimate of drug-likeness (QED) is 0.867. The number of benzene rings is 1. The van der Waals surface area contributed by atoms with Crippen LogP contribution in [0.5, 0.6) is 5.75 Å². The van der Waals surface area contributed by atoms with Gasteiger partial charge >= 0.3 is 0 Å². The van der Waals surface area contributed by atoms with Crippen molar-refractivity contribution < 1.29 is 4.74 Å². The molecule has 3 heteroatoms. The van der Waals surface area contributed by atoms with E-state index >= 15 is 0 Å². The molecule has 1 aliphatic rings. The van der Waals surface area contributed by atoms with Gasteiger partial charge in [-0.3, -0.25) is 4.90 Å². The maximum Gasteiger partial charge on any atom is 0.119 e. The van der Waals surface area contributed by atoms with E-state index in [-0.39, 0.29) is 0 Å². The molecule has 0 saturated carbocycles. The second-order valence-corrected chi connectivity index (χ2v) is 4.88. The zero-order valence-electron chi connectivity index (χ0n) is 11.3. The molecule has 1 saturated heterocycles. The zero-order valence-corrected chi connectivity index (χ0v) is 11.3. The van der Waals surface area contributed by atoms with Crippen LogP contribution in [0.3, 0.4) is 0 Å². The number of hydrogen-bond acceptors (Lipinski definition) is 3. The lowest BCUT2D eigenvalue weighted by atomic mass is 10.2. The van der Waals surface area contributed by atoms with Crippen LogP contribution in [0.2, 0.25) is 0 Å². The molecular formula is C15H24N2O. The molecule has 3 nitrogen and oxygen atoms in total. The average molecular weight is 248 g/mol. The normalized spacial score (nSPS) is 17.2. The molecule has 1 aliphatic heterocycles. The standard InChI is InChI=1S/C15H24N2O/c1-16-14-6-8-15(9-7-14)18-13-12-17-10-4-2-3-5-11-17/h6-9,16H,2-5,10-13H2,1H3. The molecule has 1 aromatic carbocycles. The summed E-state index contributed by atoms with van der Waals surface area (Å²) in [6.45, 7) is 4.32. The minimum atomic E-state index is 0.791. The molecule has 100 valence electrons. The summed E-state index contributed by atoms with van der Waals surface area (Å²) in [5, 5.41) is 3.11. The third-order valence-electron chi connectivity index (χ3n) is 3.52. The summed E-state index contributed by atoms with van der Waals surface area (Å²) < 4.78 is 5.78. The van der Waals surface area contributed by atoms with Crippen molar-refractivity contribution in [1.82, 2.24) is 4.90 Å². The highest BCUT2D eigenvalue weighted by molar-refractivity contribution is 5.45. The smallest absolute Gasteiger partial charge is 0.119 e. The van der Waals surface area contributed by atoms with Gasteiger partial charge in [0.1, 0.15) is 12.4 Å². The lowest BCUT2D eigenvalue weighted by Crippen LogP contribution is -2.29. The van der Waals surface area contributed by atoms with Crippen LogP contribution in [0.4, 0.5) is 5.69 Å². The van der Waals surface area contributed by atoms with Gasteiger partial charge in [0.15, 0.2) is 0 Å². The van der Waals surface area contributed by atoms with Gasteiger partial charge in [0.05, 0.1) is 0 Å². The van der Waals surface area contributed by atoms with Gasteiger partial charge in [0, 0.05) is 19.3 Å². The molecule has 1 N–H and O–H groups in total. The van der Waals surface area contributed by atoms with Crippen LogP contribution in [0.1, 0.15) is 25.7 Å². The Hall–Kier alpha value is -1.22. The van der Waals surface area contributed by atoms with Gasteiger partial charge in [-0.25, -0.2) is 0 Å². The van der Waals surface area contributed by atoms with E-state index in [1.54, 1.807) is 0 Å².